The van der Waals surface area contributed by atoms with Crippen molar-refractivity contribution in [3.05, 3.63) is 146 Å². The zero-order valence-electron chi connectivity index (χ0n) is 43.3. The lowest BCUT2D eigenvalue weighted by Gasteiger charge is -2.17. The van der Waals surface area contributed by atoms with E-state index in [1.807, 2.05) is 115 Å². The fourth-order valence-corrected chi connectivity index (χ4v) is 5.04. The monoisotopic (exact) mass is 932 g/mol. The van der Waals surface area contributed by atoms with Crippen molar-refractivity contribution in [1.82, 2.24) is 33.3 Å². The lowest BCUT2D eigenvalue weighted by atomic mass is 10.2. The van der Waals surface area contributed by atoms with Gasteiger partial charge in [0.2, 0.25) is 0 Å². The SMILES string of the molecule is CC(C)C.CC(C)C.CC(C)C.CC(C)C.CC(C)C.c1ccc2c(c1)CCO2.c1ccc2c(c1)OCCO2.c1ccc2nccnc2c1.c1ccc2nsnc2c1.c1ccn2ncnc2c1. The molecule has 0 aliphatic carbocycles. The lowest BCUT2D eigenvalue weighted by Crippen LogP contribution is -2.14. The van der Waals surface area contributed by atoms with Crippen LogP contribution in [0.15, 0.2) is 140 Å². The van der Waals surface area contributed by atoms with Crippen molar-refractivity contribution in [3.8, 4) is 17.2 Å². The minimum atomic E-state index is 0.664. The molecule has 364 valence electrons. The van der Waals surface area contributed by atoms with E-state index in [1.165, 1.54) is 23.6 Å². The maximum Gasteiger partial charge on any atom is 0.161 e. The van der Waals surface area contributed by atoms with Gasteiger partial charge < -0.3 is 14.2 Å². The fraction of sp³-hybridized carbons (Fsp3) is 0.429. The van der Waals surface area contributed by atoms with Gasteiger partial charge in [-0.25, -0.2) is 9.50 Å². The summed E-state index contributed by atoms with van der Waals surface area (Å²) in [5, 5.41) is 3.92. The molecule has 4 aromatic heterocycles. The first-order valence-electron chi connectivity index (χ1n) is 23.6. The molecule has 67 heavy (non-hydrogen) atoms. The average molecular weight is 932 g/mol. The Morgan fingerprint density at radius 1 is 0.418 bits per heavy atom. The third-order valence-electron chi connectivity index (χ3n) is 6.77. The van der Waals surface area contributed by atoms with Crippen LogP contribution in [0.1, 0.15) is 109 Å². The van der Waals surface area contributed by atoms with Crippen molar-refractivity contribution < 1.29 is 14.2 Å². The standard InChI is InChI=1S/C8H6N2.C8H8O2.C8H8O.C6H5N3.C6H4N2S.5C4H10/c2*1-2-4-8-7(3-1)9-5-6-10-8;1-2-4-8-7(3-1)5-6-9-8;1-2-4-9-6(3-1)7-5-8-9;1-2-4-6-5(3-1)7-9-8-6;5*1-4(2)3/h1-6H;1-4H,5-6H2;1-4H,5-6H2;1-5H;1-4H;5*4H,1-3H3. The second kappa shape index (κ2) is 36.2. The number of pyridine rings is 1. The second-order valence-electron chi connectivity index (χ2n) is 18.6. The Morgan fingerprint density at radius 2 is 0.791 bits per heavy atom. The highest BCUT2D eigenvalue weighted by molar-refractivity contribution is 7.00. The highest BCUT2D eigenvalue weighted by Gasteiger charge is 2.09. The molecule has 0 fully saturated rings. The maximum absolute atomic E-state index is 5.30. The Bertz CT molecular complexity index is 2110. The van der Waals surface area contributed by atoms with Crippen LogP contribution in [0.2, 0.25) is 0 Å². The van der Waals surface area contributed by atoms with Crippen molar-refractivity contribution in [3.63, 3.8) is 0 Å². The third-order valence-corrected chi connectivity index (χ3v) is 7.33. The quantitative estimate of drug-likeness (QED) is 0.147. The number of hydrogen-bond donors (Lipinski definition) is 0. The number of fused-ring (bicyclic) bond motifs is 5. The number of hydrogen-bond acceptors (Lipinski definition) is 10. The van der Waals surface area contributed by atoms with Gasteiger partial charge in [-0.3, -0.25) is 9.97 Å². The molecule has 0 saturated carbocycles. The summed E-state index contributed by atoms with van der Waals surface area (Å²) in [6.45, 7) is 34.7. The predicted octanol–water partition coefficient (Wildman–Crippen LogP) is 15.4. The van der Waals surface area contributed by atoms with E-state index in [0.717, 1.165) is 87.6 Å². The van der Waals surface area contributed by atoms with Crippen LogP contribution in [0.25, 0.3) is 27.7 Å². The molecule has 8 aromatic rings. The number of rotatable bonds is 0. The summed E-state index contributed by atoms with van der Waals surface area (Å²) in [6, 6.07) is 37.3. The summed E-state index contributed by atoms with van der Waals surface area (Å²) in [6.07, 6.45) is 7.87. The van der Waals surface area contributed by atoms with Crippen LogP contribution in [-0.2, 0) is 6.42 Å². The highest BCUT2D eigenvalue weighted by atomic mass is 32.1. The zero-order chi connectivity index (χ0) is 49.8. The topological polar surface area (TPSA) is 109 Å². The molecule has 0 radical (unpaired) electrons. The van der Waals surface area contributed by atoms with Gasteiger partial charge in [-0.1, -0.05) is 165 Å². The van der Waals surface area contributed by atoms with Crippen molar-refractivity contribution in [2.75, 3.05) is 19.8 Å². The van der Waals surface area contributed by atoms with Crippen LogP contribution in [0, 0.1) is 29.6 Å². The summed E-state index contributed by atoms with van der Waals surface area (Å²) < 4.78 is 25.7. The van der Waals surface area contributed by atoms with Crippen molar-refractivity contribution in [1.29, 1.82) is 0 Å². The molecular weight excluding hydrogens is 851 g/mol. The van der Waals surface area contributed by atoms with Gasteiger partial charge in [0.15, 0.2) is 17.1 Å². The molecule has 2 aliphatic rings. The first kappa shape index (κ1) is 59.1. The van der Waals surface area contributed by atoms with Gasteiger partial charge in [-0.2, -0.15) is 13.8 Å². The smallest absolute Gasteiger partial charge is 0.161 e. The van der Waals surface area contributed by atoms with Gasteiger partial charge in [-0.15, -0.1) is 0 Å². The lowest BCUT2D eigenvalue weighted by molar-refractivity contribution is 0.171. The molecule has 6 heterocycles. The molecule has 0 N–H and O–H groups in total. The molecular formula is C56H81N7O3S. The molecule has 0 amide bonds. The van der Waals surface area contributed by atoms with E-state index in [9.17, 15) is 0 Å². The van der Waals surface area contributed by atoms with E-state index in [2.05, 4.69) is 139 Å². The van der Waals surface area contributed by atoms with Crippen LogP contribution in [0.5, 0.6) is 17.2 Å². The minimum absolute atomic E-state index is 0.664. The van der Waals surface area contributed by atoms with Crippen LogP contribution in [0.3, 0.4) is 0 Å². The van der Waals surface area contributed by atoms with Crippen LogP contribution in [-0.4, -0.2) is 53.1 Å². The maximum atomic E-state index is 5.30. The molecule has 11 heteroatoms. The predicted molar refractivity (Wildman–Crippen MR) is 286 cm³/mol. The van der Waals surface area contributed by atoms with Crippen LogP contribution < -0.4 is 14.2 Å². The summed E-state index contributed by atoms with van der Waals surface area (Å²) in [4.78, 5) is 12.2. The van der Waals surface area contributed by atoms with Crippen molar-refractivity contribution >= 4 is 39.4 Å². The number of benzene rings is 4. The largest absolute Gasteiger partial charge is 0.493 e. The van der Waals surface area contributed by atoms with Gasteiger partial charge in [0.05, 0.1) is 29.4 Å². The van der Waals surface area contributed by atoms with E-state index < -0.39 is 0 Å². The Balaban J connectivity index is 0.000000382. The summed E-state index contributed by atoms with van der Waals surface area (Å²) in [5.74, 6) is 6.94. The molecule has 4 aromatic carbocycles. The number of para-hydroxylation sites is 5. The normalized spacial score (nSPS) is 11.1. The Morgan fingerprint density at radius 3 is 1.22 bits per heavy atom. The van der Waals surface area contributed by atoms with E-state index in [-0.39, 0.29) is 0 Å². The Labute approximate surface area is 407 Å². The number of ether oxygens (including phenoxy) is 3. The zero-order valence-corrected chi connectivity index (χ0v) is 44.1. The number of aromatic nitrogens is 7. The molecule has 0 unspecified atom stereocenters. The average Bonchev–Trinajstić information content (AvgIpc) is 4.09. The molecule has 10 nitrogen and oxygen atoms in total. The Hall–Kier alpha value is -5.94. The van der Waals surface area contributed by atoms with Crippen LogP contribution in [0.4, 0.5) is 0 Å². The first-order chi connectivity index (χ1) is 32.0. The van der Waals surface area contributed by atoms with E-state index in [0.29, 0.717) is 13.2 Å². The van der Waals surface area contributed by atoms with Crippen molar-refractivity contribution in [2.24, 2.45) is 29.6 Å². The molecule has 0 bridgehead atoms. The minimum Gasteiger partial charge on any atom is -0.493 e. The third kappa shape index (κ3) is 30.8. The van der Waals surface area contributed by atoms with E-state index in [4.69, 9.17) is 14.2 Å². The van der Waals surface area contributed by atoms with Gasteiger partial charge in [0, 0.05) is 25.0 Å². The Kier molecular flexibility index (Phi) is 31.9. The number of nitrogens with zero attached hydrogens (tertiary/aromatic N) is 7. The molecule has 2 aliphatic heterocycles. The summed E-state index contributed by atoms with van der Waals surface area (Å²) in [5.41, 5.74) is 6.11. The molecule has 0 saturated heterocycles. The molecule has 0 atom stereocenters. The van der Waals surface area contributed by atoms with Crippen molar-refractivity contribution in [2.45, 2.75) is 110 Å². The van der Waals surface area contributed by atoms with Gasteiger partial charge in [0.1, 0.15) is 36.3 Å². The van der Waals surface area contributed by atoms with Gasteiger partial charge >= 0.3 is 0 Å². The van der Waals surface area contributed by atoms with Crippen LogP contribution >= 0.6 is 11.7 Å². The molecule has 0 spiro atoms. The van der Waals surface area contributed by atoms with E-state index in [1.54, 1.807) is 16.9 Å². The van der Waals surface area contributed by atoms with Gasteiger partial charge in [0.25, 0.3) is 0 Å². The van der Waals surface area contributed by atoms with Gasteiger partial charge in [-0.05, 0) is 89.8 Å². The summed E-state index contributed by atoms with van der Waals surface area (Å²) in [7, 11) is 0. The van der Waals surface area contributed by atoms with E-state index >= 15 is 0 Å². The summed E-state index contributed by atoms with van der Waals surface area (Å²) >= 11 is 1.25. The molecule has 10 rings (SSSR count). The first-order valence-corrected chi connectivity index (χ1v) is 24.4. The second-order valence-corrected chi connectivity index (χ2v) is 19.1. The fourth-order valence-electron chi connectivity index (χ4n) is 4.52. The highest BCUT2D eigenvalue weighted by Crippen LogP contribution is 2.28.